The highest BCUT2D eigenvalue weighted by Gasteiger charge is 2.59. The Morgan fingerprint density at radius 1 is 1.04 bits per heavy atom. The third-order valence-corrected chi connectivity index (χ3v) is 5.44. The number of hydroxylamine groups is 3. The average molecular weight is 349 g/mol. The predicted molar refractivity (Wildman–Crippen MR) is 98.1 cm³/mol. The van der Waals surface area contributed by atoms with Gasteiger partial charge in [-0.05, 0) is 58.0 Å². The van der Waals surface area contributed by atoms with Gasteiger partial charge in [0, 0.05) is 5.21 Å². The molecule has 0 spiro atoms. The van der Waals surface area contributed by atoms with Gasteiger partial charge in [0.1, 0.15) is 5.54 Å². The summed E-state index contributed by atoms with van der Waals surface area (Å²) in [5, 5.41) is 26.4. The van der Waals surface area contributed by atoms with Gasteiger partial charge in [0.05, 0.1) is 16.7 Å². The molecule has 1 aliphatic heterocycles. The lowest BCUT2D eigenvalue weighted by Gasteiger charge is -2.32. The van der Waals surface area contributed by atoms with E-state index >= 15 is 0 Å². The largest absolute Gasteiger partial charge is 0.714 e. The zero-order valence-electron chi connectivity index (χ0n) is 15.3. The maximum Gasteiger partial charge on any atom is 0.329 e. The maximum absolute atomic E-state index is 12.8. The quantitative estimate of drug-likeness (QED) is 0.280. The van der Waals surface area contributed by atoms with Crippen LogP contribution in [0, 0.1) is 5.21 Å². The number of hydrogen-bond donors (Lipinski definition) is 0. The van der Waals surface area contributed by atoms with Crippen LogP contribution in [-0.4, -0.2) is 37.2 Å². The van der Waals surface area contributed by atoms with Crippen molar-refractivity contribution in [3.8, 4) is 0 Å². The molecule has 0 atom stereocenters. The Morgan fingerprint density at radius 2 is 1.65 bits per heavy atom. The normalized spacial score (nSPS) is 18.0. The fourth-order valence-corrected chi connectivity index (χ4v) is 3.03. The van der Waals surface area contributed by atoms with Crippen molar-refractivity contribution >= 4 is 11.5 Å². The molecule has 133 valence electrons. The molecular weight excluding hydrogens is 328 g/mol. The van der Waals surface area contributed by atoms with Crippen LogP contribution in [0.4, 0.5) is 0 Å². The van der Waals surface area contributed by atoms with Gasteiger partial charge < -0.3 is 10.7 Å². The zero-order chi connectivity index (χ0) is 19.1. The first-order valence-electron chi connectivity index (χ1n) is 8.42. The van der Waals surface area contributed by atoms with Crippen molar-refractivity contribution in [1.82, 2.24) is 5.06 Å². The zero-order valence-corrected chi connectivity index (χ0v) is 15.3. The molecule has 0 N–H and O–H groups in total. The van der Waals surface area contributed by atoms with Crippen LogP contribution in [0.3, 0.4) is 0 Å². The summed E-state index contributed by atoms with van der Waals surface area (Å²) in [4.78, 5) is 3.42. The summed E-state index contributed by atoms with van der Waals surface area (Å²) in [6.45, 7) is 7.03. The minimum Gasteiger partial charge on any atom is -0.714 e. The Kier molecular flexibility index (Phi) is 4.18. The van der Waals surface area contributed by atoms with E-state index in [2.05, 4.69) is 4.79 Å². The minimum atomic E-state index is -0.882. The van der Waals surface area contributed by atoms with Gasteiger partial charge in [-0.3, -0.25) is 4.74 Å². The highest BCUT2D eigenvalue weighted by Crippen LogP contribution is 2.37. The molecule has 1 radical (unpaired) electrons. The van der Waals surface area contributed by atoms with Crippen LogP contribution in [0.15, 0.2) is 54.6 Å². The molecule has 1 aliphatic rings. The Balaban J connectivity index is 2.12. The van der Waals surface area contributed by atoms with Gasteiger partial charge in [-0.2, -0.15) is 4.79 Å². The number of nitrogens with zero attached hydrogens (tertiary/aromatic N) is 4. The third kappa shape index (κ3) is 2.51. The molecule has 0 saturated carbocycles. The van der Waals surface area contributed by atoms with E-state index in [9.17, 15) is 15.9 Å². The van der Waals surface area contributed by atoms with Gasteiger partial charge >= 0.3 is 11.5 Å². The van der Waals surface area contributed by atoms with E-state index < -0.39 is 11.1 Å². The second-order valence-electron chi connectivity index (χ2n) is 7.43. The highest BCUT2D eigenvalue weighted by molar-refractivity contribution is 6.10. The van der Waals surface area contributed by atoms with Crippen LogP contribution in [0.1, 0.15) is 44.4 Å². The Hall–Kier alpha value is -2.95. The molecule has 2 aromatic carbocycles. The summed E-state index contributed by atoms with van der Waals surface area (Å²) in [7, 11) is 0. The molecule has 3 rings (SSSR count). The van der Waals surface area contributed by atoms with Gasteiger partial charge in [0.25, 0.3) is 0 Å². The topological polar surface area (TPSA) is 85.6 Å². The van der Waals surface area contributed by atoms with Crippen molar-refractivity contribution < 1.29 is 14.7 Å². The average Bonchev–Trinajstić information content (AvgIpc) is 2.74. The maximum atomic E-state index is 12.8. The van der Waals surface area contributed by atoms with Crippen molar-refractivity contribution in [2.45, 2.75) is 38.8 Å². The number of hydrogen-bond acceptors (Lipinski definition) is 2. The highest BCUT2D eigenvalue weighted by atomic mass is 16.5. The van der Waals surface area contributed by atoms with Crippen molar-refractivity contribution in [3.05, 3.63) is 82.0 Å². The van der Waals surface area contributed by atoms with Gasteiger partial charge in [0.2, 0.25) is 0 Å². The van der Waals surface area contributed by atoms with Crippen LogP contribution in [0.2, 0.25) is 0 Å². The van der Waals surface area contributed by atoms with Crippen LogP contribution in [0.5, 0.6) is 0 Å². The summed E-state index contributed by atoms with van der Waals surface area (Å²) in [6.07, 6.45) is 0. The lowest BCUT2D eigenvalue weighted by molar-refractivity contribution is -0.539. The van der Waals surface area contributed by atoms with Crippen molar-refractivity contribution in [3.63, 3.8) is 0 Å². The summed E-state index contributed by atoms with van der Waals surface area (Å²) in [6, 6.07) is 16.2. The molecule has 0 amide bonds. The molecule has 0 aliphatic carbocycles. The number of benzene rings is 2. The summed E-state index contributed by atoms with van der Waals surface area (Å²) in [5.41, 5.74) is 9.95. The summed E-state index contributed by atoms with van der Waals surface area (Å²) in [5.74, 6) is 0.0622. The molecule has 6 heteroatoms. The van der Waals surface area contributed by atoms with Gasteiger partial charge in [-0.25, -0.2) is 0 Å². The van der Waals surface area contributed by atoms with E-state index in [1.54, 1.807) is 52.0 Å². The van der Waals surface area contributed by atoms with E-state index in [0.29, 0.717) is 16.8 Å². The molecule has 2 aromatic rings. The van der Waals surface area contributed by atoms with Gasteiger partial charge in [-0.15, -0.1) is 0 Å². The molecule has 0 aromatic heterocycles. The standard InChI is InChI=1S/C20H21N4O2/c1-19(2)20(3,4)24(26)18(23(19)25)16-12-8-11-15(13-16)17(22-21)14-9-6-5-7-10-14/h5-13H,1-4H3. The van der Waals surface area contributed by atoms with Gasteiger partial charge in [-0.1, -0.05) is 29.3 Å². The Morgan fingerprint density at radius 3 is 2.19 bits per heavy atom. The predicted octanol–water partition coefficient (Wildman–Crippen LogP) is 3.23. The Bertz CT molecular complexity index is 926. The molecule has 1 heterocycles. The third-order valence-electron chi connectivity index (χ3n) is 5.44. The first-order valence-corrected chi connectivity index (χ1v) is 8.42. The van der Waals surface area contributed by atoms with Crippen LogP contribution in [0.25, 0.3) is 5.53 Å². The SMILES string of the molecule is CC1(C)N([O])C(c2cccc(C(=[N+]=[N-])c3ccccc3)c2)=[N+]([O-])C1(C)C. The molecule has 0 bridgehead atoms. The first kappa shape index (κ1) is 17.9. The molecule has 0 fully saturated rings. The number of rotatable bonds is 3. The molecule has 0 saturated heterocycles. The van der Waals surface area contributed by atoms with Crippen LogP contribution < -0.4 is 0 Å². The monoisotopic (exact) mass is 349 g/mol. The number of amidine groups is 1. The molecule has 26 heavy (non-hydrogen) atoms. The second-order valence-corrected chi connectivity index (χ2v) is 7.43. The molecular formula is C20H21N4O2. The van der Waals surface area contributed by atoms with E-state index in [1.807, 2.05) is 30.3 Å². The molecule has 6 nitrogen and oxygen atoms in total. The summed E-state index contributed by atoms with van der Waals surface area (Å²) < 4.78 is 0.775. The second kappa shape index (κ2) is 6.09. The van der Waals surface area contributed by atoms with E-state index in [-0.39, 0.29) is 5.84 Å². The van der Waals surface area contributed by atoms with E-state index in [1.165, 1.54) is 0 Å². The Labute approximate surface area is 152 Å². The van der Waals surface area contributed by atoms with E-state index in [0.717, 1.165) is 15.4 Å². The fraction of sp³-hybridized carbons (Fsp3) is 0.300. The molecule has 0 unspecified atom stereocenters. The van der Waals surface area contributed by atoms with Crippen molar-refractivity contribution in [2.24, 2.45) is 0 Å². The van der Waals surface area contributed by atoms with Gasteiger partial charge in [0.15, 0.2) is 5.54 Å². The van der Waals surface area contributed by atoms with Crippen LogP contribution in [-0.2, 0) is 5.21 Å². The van der Waals surface area contributed by atoms with Crippen LogP contribution >= 0.6 is 0 Å². The lowest BCUT2D eigenvalue weighted by atomic mass is 9.84. The van der Waals surface area contributed by atoms with E-state index in [4.69, 9.17) is 0 Å². The first-order chi connectivity index (χ1) is 12.2. The van der Waals surface area contributed by atoms with Crippen molar-refractivity contribution in [1.29, 1.82) is 0 Å². The summed E-state index contributed by atoms with van der Waals surface area (Å²) >= 11 is 0. The fourth-order valence-electron chi connectivity index (χ4n) is 3.03. The minimum absolute atomic E-state index is 0.0622. The smallest absolute Gasteiger partial charge is 0.329 e. The lowest BCUT2D eigenvalue weighted by Crippen LogP contribution is -2.53. The van der Waals surface area contributed by atoms with Crippen molar-refractivity contribution in [2.75, 3.05) is 0 Å².